The third kappa shape index (κ3) is 29.0. The van der Waals surface area contributed by atoms with E-state index in [4.69, 9.17) is 0 Å². The lowest BCUT2D eigenvalue weighted by atomic mass is 10.1. The number of nitrogens with one attached hydrogen (secondary N) is 2. The number of rotatable bonds is 31. The summed E-state index contributed by atoms with van der Waals surface area (Å²) in [4.78, 5) is 24.2. The van der Waals surface area contributed by atoms with Gasteiger partial charge in [0.15, 0.2) is 0 Å². The van der Waals surface area contributed by atoms with Crippen LogP contribution in [0, 0.1) is 0 Å². The summed E-state index contributed by atoms with van der Waals surface area (Å²) in [6.07, 6.45) is 26.2. The van der Waals surface area contributed by atoms with E-state index in [-0.39, 0.29) is 11.8 Å². The molecule has 0 aliphatic rings. The number of hydrogen-bond donors (Lipinski definition) is 2. The number of hydrogen-bond acceptors (Lipinski definition) is 2. The Morgan fingerprint density at radius 2 is 0.690 bits per heavy atom. The van der Waals surface area contributed by atoms with Crippen LogP contribution in [0.3, 0.4) is 0 Å². The second-order valence-corrected chi connectivity index (χ2v) is 14.3. The van der Waals surface area contributed by atoms with Gasteiger partial charge in [0.05, 0.1) is 54.4 Å². The van der Waals surface area contributed by atoms with Gasteiger partial charge in [0, 0.05) is 38.8 Å². The third-order valence-corrected chi connectivity index (χ3v) is 8.82. The molecule has 0 unspecified atom stereocenters. The fourth-order valence-corrected chi connectivity index (χ4v) is 5.79. The maximum absolute atomic E-state index is 12.1. The first-order valence-corrected chi connectivity index (χ1v) is 18.3. The standard InChI is InChI=1S/C36H74N4O2/c1-7-9-11-13-15-17-21-27-35(41)37-29-25-33-39(3,4)31-23-19-20-24-32-40(5,6)34-26-30-38-36(42)28-22-18-16-14-12-10-8-2/h7-34H2,1-6H3/p+2. The number of amides is 2. The van der Waals surface area contributed by atoms with E-state index in [1.807, 2.05) is 0 Å². The number of quaternary nitrogens is 2. The van der Waals surface area contributed by atoms with Crippen molar-refractivity contribution >= 4 is 11.8 Å². The molecule has 0 saturated carbocycles. The molecule has 0 aliphatic carbocycles. The summed E-state index contributed by atoms with van der Waals surface area (Å²) in [5, 5.41) is 6.27. The molecule has 0 spiro atoms. The number of nitrogens with zero attached hydrogens (tertiary/aromatic N) is 2. The highest BCUT2D eigenvalue weighted by atomic mass is 16.2. The highest BCUT2D eigenvalue weighted by Gasteiger charge is 2.16. The Labute approximate surface area is 263 Å². The quantitative estimate of drug-likeness (QED) is 0.0629. The molecule has 6 nitrogen and oxygen atoms in total. The van der Waals surface area contributed by atoms with E-state index >= 15 is 0 Å². The fourth-order valence-electron chi connectivity index (χ4n) is 5.79. The van der Waals surface area contributed by atoms with Crippen molar-refractivity contribution in [3.8, 4) is 0 Å². The Hall–Kier alpha value is -1.14. The average molecular weight is 597 g/mol. The number of carbonyl (C=O) groups excluding carboxylic acids is 2. The molecule has 2 N–H and O–H groups in total. The Kier molecular flexibility index (Phi) is 26.7. The Balaban J connectivity index is 3.69. The van der Waals surface area contributed by atoms with E-state index in [1.165, 1.54) is 116 Å². The van der Waals surface area contributed by atoms with Gasteiger partial charge in [-0.2, -0.15) is 0 Å². The highest BCUT2D eigenvalue weighted by molar-refractivity contribution is 5.76. The lowest BCUT2D eigenvalue weighted by Gasteiger charge is -2.31. The second kappa shape index (κ2) is 27.4. The second-order valence-electron chi connectivity index (χ2n) is 14.3. The molecule has 0 saturated heterocycles. The van der Waals surface area contributed by atoms with E-state index in [2.05, 4.69) is 52.7 Å². The molecule has 0 rings (SSSR count). The van der Waals surface area contributed by atoms with Crippen molar-refractivity contribution in [2.24, 2.45) is 0 Å². The number of carbonyl (C=O) groups is 2. The summed E-state index contributed by atoms with van der Waals surface area (Å²) in [7, 11) is 9.31. The van der Waals surface area contributed by atoms with Crippen molar-refractivity contribution in [1.29, 1.82) is 0 Å². The Bertz CT molecular complexity index is 582. The first-order valence-electron chi connectivity index (χ1n) is 18.3. The van der Waals surface area contributed by atoms with Gasteiger partial charge in [0.2, 0.25) is 11.8 Å². The minimum Gasteiger partial charge on any atom is -0.356 e. The van der Waals surface area contributed by atoms with Crippen molar-refractivity contribution in [3.63, 3.8) is 0 Å². The zero-order valence-corrected chi connectivity index (χ0v) is 29.5. The molecule has 0 atom stereocenters. The minimum absolute atomic E-state index is 0.235. The maximum atomic E-state index is 12.1. The number of unbranched alkanes of at least 4 members (excludes halogenated alkanes) is 15. The zero-order chi connectivity index (χ0) is 31.4. The molecule has 0 bridgehead atoms. The minimum atomic E-state index is 0.235. The van der Waals surface area contributed by atoms with Crippen molar-refractivity contribution in [3.05, 3.63) is 0 Å². The summed E-state index contributed by atoms with van der Waals surface area (Å²) in [6, 6.07) is 0. The predicted octanol–water partition coefficient (Wildman–Crippen LogP) is 7.99. The van der Waals surface area contributed by atoms with Crippen molar-refractivity contribution < 1.29 is 18.6 Å². The highest BCUT2D eigenvalue weighted by Crippen LogP contribution is 2.11. The van der Waals surface area contributed by atoms with Crippen molar-refractivity contribution in [1.82, 2.24) is 10.6 Å². The maximum Gasteiger partial charge on any atom is 0.219 e. The third-order valence-electron chi connectivity index (χ3n) is 8.82. The first-order chi connectivity index (χ1) is 20.1. The molecule has 0 aromatic rings. The molecule has 0 aromatic heterocycles. The molecule has 0 heterocycles. The normalized spacial score (nSPS) is 12.0. The lowest BCUT2D eigenvalue weighted by Crippen LogP contribution is -2.43. The van der Waals surface area contributed by atoms with Crippen LogP contribution in [0.25, 0.3) is 0 Å². The SMILES string of the molecule is CCCCCCCCCC(=O)NCCC[N+](C)(C)CCCCCC[N+](C)(C)CCCNC(=O)CCCCCCCCC. The van der Waals surface area contributed by atoms with Gasteiger partial charge < -0.3 is 19.6 Å². The van der Waals surface area contributed by atoms with Crippen LogP contribution in [-0.4, -0.2) is 88.2 Å². The monoisotopic (exact) mass is 597 g/mol. The first kappa shape index (κ1) is 40.9. The molecule has 6 heteroatoms. The predicted molar refractivity (Wildman–Crippen MR) is 183 cm³/mol. The summed E-state index contributed by atoms with van der Waals surface area (Å²) >= 11 is 0. The van der Waals surface area contributed by atoms with Gasteiger partial charge >= 0.3 is 0 Å². The van der Waals surface area contributed by atoms with Crippen LogP contribution in [0.1, 0.15) is 155 Å². The van der Waals surface area contributed by atoms with Gasteiger partial charge in [-0.05, 0) is 38.5 Å². The molecular formula is C36H76N4O2+2. The molecule has 0 radical (unpaired) electrons. The van der Waals surface area contributed by atoms with Crippen LogP contribution in [0.2, 0.25) is 0 Å². The average Bonchev–Trinajstić information content (AvgIpc) is 2.94. The largest absolute Gasteiger partial charge is 0.356 e. The van der Waals surface area contributed by atoms with Gasteiger partial charge in [0.1, 0.15) is 0 Å². The summed E-state index contributed by atoms with van der Waals surface area (Å²) in [6.45, 7) is 10.8. The van der Waals surface area contributed by atoms with Crippen LogP contribution < -0.4 is 10.6 Å². The molecule has 2 amide bonds. The van der Waals surface area contributed by atoms with Gasteiger partial charge in [-0.15, -0.1) is 0 Å². The van der Waals surface area contributed by atoms with Crippen LogP contribution in [0.5, 0.6) is 0 Å². The van der Waals surface area contributed by atoms with Gasteiger partial charge in [-0.25, -0.2) is 0 Å². The lowest BCUT2D eigenvalue weighted by molar-refractivity contribution is -0.891. The molecule has 250 valence electrons. The van der Waals surface area contributed by atoms with Crippen LogP contribution >= 0.6 is 0 Å². The van der Waals surface area contributed by atoms with E-state index < -0.39 is 0 Å². The van der Waals surface area contributed by atoms with E-state index in [1.54, 1.807) is 0 Å². The molecule has 0 aliphatic heterocycles. The van der Waals surface area contributed by atoms with Gasteiger partial charge in [-0.3, -0.25) is 9.59 Å². The Morgan fingerprint density at radius 3 is 1.05 bits per heavy atom. The topological polar surface area (TPSA) is 58.2 Å². The van der Waals surface area contributed by atoms with Crippen LogP contribution in [0.15, 0.2) is 0 Å². The molecular weight excluding hydrogens is 520 g/mol. The summed E-state index contributed by atoms with van der Waals surface area (Å²) in [5.41, 5.74) is 0. The molecule has 0 fully saturated rings. The Morgan fingerprint density at radius 1 is 0.405 bits per heavy atom. The van der Waals surface area contributed by atoms with Crippen molar-refractivity contribution in [2.75, 3.05) is 67.5 Å². The zero-order valence-electron chi connectivity index (χ0n) is 29.5. The van der Waals surface area contributed by atoms with Gasteiger partial charge in [0.25, 0.3) is 0 Å². The molecule has 0 aromatic carbocycles. The smallest absolute Gasteiger partial charge is 0.219 e. The van der Waals surface area contributed by atoms with Crippen LogP contribution in [-0.2, 0) is 9.59 Å². The van der Waals surface area contributed by atoms with E-state index in [0.717, 1.165) is 60.8 Å². The summed E-state index contributed by atoms with van der Waals surface area (Å²) < 4.78 is 2.08. The van der Waals surface area contributed by atoms with E-state index in [0.29, 0.717) is 12.8 Å². The summed E-state index contributed by atoms with van der Waals surface area (Å²) in [5.74, 6) is 0.470. The van der Waals surface area contributed by atoms with Crippen LogP contribution in [0.4, 0.5) is 0 Å². The fraction of sp³-hybridized carbons (Fsp3) is 0.944. The van der Waals surface area contributed by atoms with E-state index in [9.17, 15) is 9.59 Å². The van der Waals surface area contributed by atoms with Crippen molar-refractivity contribution in [2.45, 2.75) is 155 Å². The van der Waals surface area contributed by atoms with Gasteiger partial charge in [-0.1, -0.05) is 90.9 Å². The molecule has 42 heavy (non-hydrogen) atoms.